The van der Waals surface area contributed by atoms with E-state index in [1.807, 2.05) is 5.43 Å². The maximum absolute atomic E-state index is 11.5. The minimum atomic E-state index is -0.616. The van der Waals surface area contributed by atoms with Crippen molar-refractivity contribution in [2.45, 2.75) is 12.5 Å². The highest BCUT2D eigenvalue weighted by Gasteiger charge is 2.28. The van der Waals surface area contributed by atoms with Crippen LogP contribution in [0.3, 0.4) is 0 Å². The van der Waals surface area contributed by atoms with Crippen molar-refractivity contribution in [1.29, 1.82) is 0 Å². The van der Waals surface area contributed by atoms with E-state index in [2.05, 4.69) is 0 Å². The second-order valence-corrected chi connectivity index (χ2v) is 3.88. The van der Waals surface area contributed by atoms with Crippen LogP contribution in [0.5, 0.6) is 0 Å². The van der Waals surface area contributed by atoms with Crippen LogP contribution in [0.1, 0.15) is 16.8 Å². The van der Waals surface area contributed by atoms with Gasteiger partial charge in [-0.1, -0.05) is 0 Å². The van der Waals surface area contributed by atoms with Crippen molar-refractivity contribution in [1.82, 2.24) is 5.43 Å². The summed E-state index contributed by atoms with van der Waals surface area (Å²) >= 11 is 0. The number of aliphatic hydroxyl groups excluding tert-OH is 1. The lowest BCUT2D eigenvalue weighted by Gasteiger charge is -2.15. The molecule has 6 nitrogen and oxygen atoms in total. The average Bonchev–Trinajstić information content (AvgIpc) is 2.68. The minimum Gasteiger partial charge on any atom is -0.391 e. The molecule has 0 radical (unpaired) electrons. The summed E-state index contributed by atoms with van der Waals surface area (Å²) < 4.78 is 0. The molecule has 0 aromatic heterocycles. The van der Waals surface area contributed by atoms with E-state index >= 15 is 0 Å². The van der Waals surface area contributed by atoms with Crippen LogP contribution in [0.2, 0.25) is 0 Å². The molecular weight excluding hydrogens is 222 g/mol. The van der Waals surface area contributed by atoms with E-state index in [1.54, 1.807) is 24.3 Å². The summed E-state index contributed by atoms with van der Waals surface area (Å²) in [4.78, 5) is 24.2. The number of β-amino-alcohol motifs (C(OH)–C–C–N with tert-alkyl or cyclic N) is 1. The van der Waals surface area contributed by atoms with E-state index in [-0.39, 0.29) is 18.2 Å². The minimum absolute atomic E-state index is 0.117. The summed E-state index contributed by atoms with van der Waals surface area (Å²) in [6.07, 6.45) is -0.472. The van der Waals surface area contributed by atoms with Gasteiger partial charge in [0.05, 0.1) is 19.1 Å². The second-order valence-electron chi connectivity index (χ2n) is 3.88. The topological polar surface area (TPSA) is 95.7 Å². The molecule has 1 aliphatic heterocycles. The van der Waals surface area contributed by atoms with Crippen LogP contribution < -0.4 is 16.2 Å². The molecule has 0 spiro atoms. The Morgan fingerprint density at radius 1 is 1.41 bits per heavy atom. The molecule has 1 fully saturated rings. The summed E-state index contributed by atoms with van der Waals surface area (Å²) in [5.41, 5.74) is 3.11. The number of nitrogens with one attached hydrogen (secondary N) is 1. The van der Waals surface area contributed by atoms with Gasteiger partial charge in [0.15, 0.2) is 0 Å². The van der Waals surface area contributed by atoms with Crippen molar-refractivity contribution in [2.24, 2.45) is 5.84 Å². The SMILES string of the molecule is NNC(=O)c1ccc(N2CC(O)CC2=O)cc1. The van der Waals surface area contributed by atoms with Crippen molar-refractivity contribution < 1.29 is 14.7 Å². The summed E-state index contributed by atoms with van der Waals surface area (Å²) in [6.45, 7) is 0.293. The number of rotatable bonds is 2. The van der Waals surface area contributed by atoms with Crippen molar-refractivity contribution in [3.05, 3.63) is 29.8 Å². The first kappa shape index (κ1) is 11.6. The van der Waals surface area contributed by atoms with Gasteiger partial charge in [-0.15, -0.1) is 0 Å². The normalized spacial score (nSPS) is 19.5. The molecule has 1 atom stereocenters. The molecule has 6 heteroatoms. The Labute approximate surface area is 98.0 Å². The van der Waals surface area contributed by atoms with Gasteiger partial charge in [0, 0.05) is 11.3 Å². The van der Waals surface area contributed by atoms with Crippen molar-refractivity contribution >= 4 is 17.5 Å². The predicted molar refractivity (Wildman–Crippen MR) is 61.1 cm³/mol. The van der Waals surface area contributed by atoms with Crippen LogP contribution in [-0.2, 0) is 4.79 Å². The third-order valence-electron chi connectivity index (χ3n) is 2.68. The highest BCUT2D eigenvalue weighted by atomic mass is 16.3. The van der Waals surface area contributed by atoms with E-state index < -0.39 is 6.10 Å². The molecule has 0 aliphatic carbocycles. The number of benzene rings is 1. The number of carbonyl (C=O) groups is 2. The van der Waals surface area contributed by atoms with Crippen molar-refractivity contribution in [3.8, 4) is 0 Å². The molecule has 1 aromatic carbocycles. The highest BCUT2D eigenvalue weighted by molar-refractivity contribution is 5.97. The van der Waals surface area contributed by atoms with E-state index in [9.17, 15) is 14.7 Å². The van der Waals surface area contributed by atoms with Gasteiger partial charge < -0.3 is 10.0 Å². The lowest BCUT2D eigenvalue weighted by molar-refractivity contribution is -0.117. The van der Waals surface area contributed by atoms with Gasteiger partial charge >= 0.3 is 0 Å². The molecule has 1 heterocycles. The van der Waals surface area contributed by atoms with Gasteiger partial charge in [-0.3, -0.25) is 15.0 Å². The van der Waals surface area contributed by atoms with Crippen molar-refractivity contribution in [2.75, 3.05) is 11.4 Å². The van der Waals surface area contributed by atoms with E-state index in [4.69, 9.17) is 5.84 Å². The highest BCUT2D eigenvalue weighted by Crippen LogP contribution is 2.21. The predicted octanol–water partition coefficient (Wildman–Crippen LogP) is -0.612. The summed E-state index contributed by atoms with van der Waals surface area (Å²) in [7, 11) is 0. The molecule has 2 amide bonds. The smallest absolute Gasteiger partial charge is 0.265 e. The Bertz CT molecular complexity index is 444. The molecule has 1 unspecified atom stereocenters. The number of hydrogen-bond acceptors (Lipinski definition) is 4. The fourth-order valence-corrected chi connectivity index (χ4v) is 1.81. The largest absolute Gasteiger partial charge is 0.391 e. The zero-order valence-electron chi connectivity index (χ0n) is 9.09. The lowest BCUT2D eigenvalue weighted by atomic mass is 10.2. The van der Waals surface area contributed by atoms with E-state index in [1.165, 1.54) is 4.90 Å². The van der Waals surface area contributed by atoms with Crippen LogP contribution >= 0.6 is 0 Å². The lowest BCUT2D eigenvalue weighted by Crippen LogP contribution is -2.30. The Kier molecular flexibility index (Phi) is 3.08. The number of nitrogen functional groups attached to an aromatic ring is 1. The maximum atomic E-state index is 11.5. The number of anilines is 1. The first-order valence-electron chi connectivity index (χ1n) is 5.21. The second kappa shape index (κ2) is 4.52. The number of hydrazine groups is 1. The van der Waals surface area contributed by atoms with Gasteiger partial charge in [0.25, 0.3) is 5.91 Å². The Hall–Kier alpha value is -1.92. The zero-order valence-corrected chi connectivity index (χ0v) is 9.09. The van der Waals surface area contributed by atoms with Gasteiger partial charge in [-0.2, -0.15) is 0 Å². The first-order valence-corrected chi connectivity index (χ1v) is 5.21. The maximum Gasteiger partial charge on any atom is 0.265 e. The van der Waals surface area contributed by atoms with Crippen LogP contribution in [-0.4, -0.2) is 29.6 Å². The fourth-order valence-electron chi connectivity index (χ4n) is 1.81. The third-order valence-corrected chi connectivity index (χ3v) is 2.68. The number of aliphatic hydroxyl groups is 1. The van der Waals surface area contributed by atoms with Crippen LogP contribution in [0.25, 0.3) is 0 Å². The number of nitrogens with zero attached hydrogens (tertiary/aromatic N) is 1. The standard InChI is InChI=1S/C11H13N3O3/c12-13-11(17)7-1-3-8(4-2-7)14-6-9(15)5-10(14)16/h1-4,9,15H,5-6,12H2,(H,13,17). The molecule has 1 aromatic rings. The molecule has 17 heavy (non-hydrogen) atoms. The van der Waals surface area contributed by atoms with Gasteiger partial charge in [0.2, 0.25) is 5.91 Å². The van der Waals surface area contributed by atoms with E-state index in [0.717, 1.165) is 0 Å². The monoisotopic (exact) mass is 235 g/mol. The Balaban J connectivity index is 2.18. The van der Waals surface area contributed by atoms with Crippen LogP contribution in [0, 0.1) is 0 Å². The molecule has 1 saturated heterocycles. The van der Waals surface area contributed by atoms with Gasteiger partial charge in [0.1, 0.15) is 0 Å². The Morgan fingerprint density at radius 3 is 2.53 bits per heavy atom. The quantitative estimate of drug-likeness (QED) is 0.362. The van der Waals surface area contributed by atoms with Gasteiger partial charge in [-0.25, -0.2) is 5.84 Å². The number of amides is 2. The molecule has 2 rings (SSSR count). The zero-order chi connectivity index (χ0) is 12.4. The van der Waals surface area contributed by atoms with Crippen LogP contribution in [0.4, 0.5) is 5.69 Å². The molecule has 0 bridgehead atoms. The molecule has 1 aliphatic rings. The first-order chi connectivity index (χ1) is 8.11. The number of nitrogens with two attached hydrogens (primary N) is 1. The molecule has 90 valence electrons. The number of carbonyl (C=O) groups excluding carboxylic acids is 2. The summed E-state index contributed by atoms with van der Waals surface area (Å²) in [5.74, 6) is 4.51. The Morgan fingerprint density at radius 2 is 2.06 bits per heavy atom. The number of hydrogen-bond donors (Lipinski definition) is 3. The summed E-state index contributed by atoms with van der Waals surface area (Å²) in [6, 6.07) is 6.46. The van der Waals surface area contributed by atoms with Crippen LogP contribution in [0.15, 0.2) is 24.3 Å². The molecular formula is C11H13N3O3. The fraction of sp³-hybridized carbons (Fsp3) is 0.273. The third kappa shape index (κ3) is 2.27. The van der Waals surface area contributed by atoms with Gasteiger partial charge in [-0.05, 0) is 24.3 Å². The molecule has 0 saturated carbocycles. The summed E-state index contributed by atoms with van der Waals surface area (Å²) in [5, 5.41) is 9.37. The molecule has 4 N–H and O–H groups in total. The van der Waals surface area contributed by atoms with Crippen molar-refractivity contribution in [3.63, 3.8) is 0 Å². The van der Waals surface area contributed by atoms with E-state index in [0.29, 0.717) is 17.8 Å². The average molecular weight is 235 g/mol.